The van der Waals surface area contributed by atoms with Gasteiger partial charge in [0.1, 0.15) is 0 Å². The summed E-state index contributed by atoms with van der Waals surface area (Å²) in [5.74, 6) is 5.16. The predicted octanol–water partition coefficient (Wildman–Crippen LogP) is 3.00. The second-order valence-electron chi connectivity index (χ2n) is 8.29. The van der Waals surface area contributed by atoms with E-state index in [4.69, 9.17) is 9.51 Å². The van der Waals surface area contributed by atoms with Crippen molar-refractivity contribution in [2.24, 2.45) is 17.8 Å². The fourth-order valence-corrected chi connectivity index (χ4v) is 6.18. The Labute approximate surface area is 126 Å². The summed E-state index contributed by atoms with van der Waals surface area (Å²) in [6.45, 7) is 3.30. The number of nitrogens with one attached hydrogen (secondary N) is 1. The summed E-state index contributed by atoms with van der Waals surface area (Å²) in [4.78, 5) is 4.91. The van der Waals surface area contributed by atoms with Gasteiger partial charge in [-0.3, -0.25) is 0 Å². The van der Waals surface area contributed by atoms with Gasteiger partial charge in [-0.2, -0.15) is 4.98 Å². The van der Waals surface area contributed by atoms with Gasteiger partial charge in [0.25, 0.3) is 0 Å². The predicted molar refractivity (Wildman–Crippen MR) is 79.0 cm³/mol. The first kappa shape index (κ1) is 12.6. The van der Waals surface area contributed by atoms with Crippen LogP contribution in [0.4, 0.5) is 0 Å². The monoisotopic (exact) mass is 287 g/mol. The van der Waals surface area contributed by atoms with Crippen LogP contribution in [0.3, 0.4) is 0 Å². The number of aromatic nitrogens is 2. The summed E-state index contributed by atoms with van der Waals surface area (Å²) in [5.41, 5.74) is 0.270. The molecule has 4 saturated carbocycles. The highest BCUT2D eigenvalue weighted by molar-refractivity contribution is 5.17. The maximum Gasteiger partial charge on any atom is 0.231 e. The number of nitrogens with zero attached hydrogens (tertiary/aromatic N) is 2. The van der Waals surface area contributed by atoms with Gasteiger partial charge in [-0.15, -0.1) is 0 Å². The van der Waals surface area contributed by atoms with Crippen molar-refractivity contribution in [2.45, 2.75) is 69.2 Å². The Morgan fingerprint density at radius 1 is 1.10 bits per heavy atom. The van der Waals surface area contributed by atoms with Crippen molar-refractivity contribution in [3.63, 3.8) is 0 Å². The number of hydrogen-bond donors (Lipinski definition) is 1. The molecule has 5 fully saturated rings. The molecule has 114 valence electrons. The van der Waals surface area contributed by atoms with Crippen LogP contribution in [0.25, 0.3) is 0 Å². The quantitative estimate of drug-likeness (QED) is 0.908. The summed E-state index contributed by atoms with van der Waals surface area (Å²) >= 11 is 0. The van der Waals surface area contributed by atoms with E-state index < -0.39 is 0 Å². The minimum atomic E-state index is 0.270. The van der Waals surface area contributed by atoms with Crippen molar-refractivity contribution < 1.29 is 4.52 Å². The van der Waals surface area contributed by atoms with E-state index >= 15 is 0 Å². The zero-order chi connectivity index (χ0) is 14.0. The van der Waals surface area contributed by atoms with Gasteiger partial charge in [0.05, 0.1) is 5.92 Å². The molecule has 1 N–H and O–H groups in total. The highest BCUT2D eigenvalue weighted by Gasteiger charge is 2.54. The van der Waals surface area contributed by atoms with Crippen LogP contribution >= 0.6 is 0 Å². The normalized spacial score (nSPS) is 48.1. The van der Waals surface area contributed by atoms with Crippen LogP contribution in [-0.2, 0) is 5.41 Å². The molecule has 4 heteroatoms. The molecule has 2 heterocycles. The van der Waals surface area contributed by atoms with Crippen molar-refractivity contribution in [3.8, 4) is 0 Å². The Morgan fingerprint density at radius 2 is 1.76 bits per heavy atom. The molecule has 4 aliphatic carbocycles. The Hall–Kier alpha value is -0.900. The molecule has 6 rings (SSSR count). The van der Waals surface area contributed by atoms with Gasteiger partial charge in [-0.05, 0) is 76.2 Å². The molecule has 4 nitrogen and oxygen atoms in total. The lowest BCUT2D eigenvalue weighted by Crippen LogP contribution is -2.49. The van der Waals surface area contributed by atoms with E-state index in [0.29, 0.717) is 12.0 Å². The summed E-state index contributed by atoms with van der Waals surface area (Å²) in [6, 6.07) is 0.467. The highest BCUT2D eigenvalue weighted by atomic mass is 16.5. The smallest absolute Gasteiger partial charge is 0.231 e. The molecule has 21 heavy (non-hydrogen) atoms. The molecule has 0 radical (unpaired) electrons. The van der Waals surface area contributed by atoms with E-state index in [9.17, 15) is 0 Å². The van der Waals surface area contributed by atoms with E-state index in [2.05, 4.69) is 17.4 Å². The third-order valence-corrected chi connectivity index (χ3v) is 6.80. The van der Waals surface area contributed by atoms with Gasteiger partial charge >= 0.3 is 0 Å². The summed E-state index contributed by atoms with van der Waals surface area (Å²) < 4.78 is 5.71. The molecular formula is C17H25N3O. The van der Waals surface area contributed by atoms with Crippen LogP contribution in [0.5, 0.6) is 0 Å². The first-order valence-electron chi connectivity index (χ1n) is 8.79. The van der Waals surface area contributed by atoms with Crippen molar-refractivity contribution in [1.29, 1.82) is 0 Å². The van der Waals surface area contributed by atoms with E-state index in [1.807, 2.05) is 0 Å². The van der Waals surface area contributed by atoms with Crippen LogP contribution in [0.2, 0.25) is 0 Å². The van der Waals surface area contributed by atoms with E-state index in [0.717, 1.165) is 42.4 Å². The van der Waals surface area contributed by atoms with Crippen molar-refractivity contribution >= 4 is 0 Å². The summed E-state index contributed by atoms with van der Waals surface area (Å²) in [6.07, 6.45) is 9.47. The zero-order valence-corrected chi connectivity index (χ0v) is 12.8. The Balaban J connectivity index is 1.46. The van der Waals surface area contributed by atoms with Gasteiger partial charge in [0.15, 0.2) is 5.82 Å². The van der Waals surface area contributed by atoms with Crippen LogP contribution in [0.1, 0.15) is 69.5 Å². The Kier molecular flexibility index (Phi) is 2.59. The molecule has 1 saturated heterocycles. The van der Waals surface area contributed by atoms with E-state index in [1.165, 1.54) is 38.5 Å². The fourth-order valence-electron chi connectivity index (χ4n) is 6.18. The fraction of sp³-hybridized carbons (Fsp3) is 0.882. The topological polar surface area (TPSA) is 51.0 Å². The molecule has 1 aromatic heterocycles. The van der Waals surface area contributed by atoms with Crippen LogP contribution < -0.4 is 5.32 Å². The molecule has 2 atom stereocenters. The lowest BCUT2D eigenvalue weighted by molar-refractivity contribution is -0.0103. The lowest BCUT2D eigenvalue weighted by atomic mass is 9.49. The van der Waals surface area contributed by atoms with Crippen LogP contribution in [0, 0.1) is 17.8 Å². The average Bonchev–Trinajstić information content (AvgIpc) is 3.05. The minimum absolute atomic E-state index is 0.270. The summed E-state index contributed by atoms with van der Waals surface area (Å²) in [7, 11) is 0. The van der Waals surface area contributed by atoms with E-state index in [-0.39, 0.29) is 5.41 Å². The van der Waals surface area contributed by atoms with Crippen molar-refractivity contribution in [2.75, 3.05) is 6.54 Å². The molecule has 1 aromatic rings. The number of hydrogen-bond acceptors (Lipinski definition) is 4. The van der Waals surface area contributed by atoms with Gasteiger partial charge in [0, 0.05) is 11.5 Å². The van der Waals surface area contributed by atoms with E-state index in [1.54, 1.807) is 0 Å². The third-order valence-electron chi connectivity index (χ3n) is 6.80. The number of rotatable bonds is 2. The largest absolute Gasteiger partial charge is 0.339 e. The summed E-state index contributed by atoms with van der Waals surface area (Å²) in [5, 5.41) is 7.96. The molecule has 0 amide bonds. The standard InChI is InChI=1S/C17H25N3O/c1-10-14(2-3-18-10)15-19-16(20-21-15)17-7-11-4-12(8-17)6-13(5-11)9-17/h10-14,18H,2-9H2,1H3. The van der Waals surface area contributed by atoms with Gasteiger partial charge in [-0.1, -0.05) is 5.16 Å². The molecule has 5 aliphatic rings. The Bertz CT molecular complexity index is 517. The molecule has 1 aliphatic heterocycles. The van der Waals surface area contributed by atoms with Crippen molar-refractivity contribution in [1.82, 2.24) is 15.5 Å². The van der Waals surface area contributed by atoms with Crippen molar-refractivity contribution in [3.05, 3.63) is 11.7 Å². The minimum Gasteiger partial charge on any atom is -0.339 e. The zero-order valence-electron chi connectivity index (χ0n) is 12.8. The third kappa shape index (κ3) is 1.84. The lowest BCUT2D eigenvalue weighted by Gasteiger charge is -2.55. The highest BCUT2D eigenvalue weighted by Crippen LogP contribution is 2.60. The molecule has 0 spiro atoms. The SMILES string of the molecule is CC1NCCC1c1nc(C23CC4CC(CC(C4)C2)C3)no1. The maximum atomic E-state index is 5.71. The second-order valence-corrected chi connectivity index (χ2v) is 8.29. The van der Waals surface area contributed by atoms with Gasteiger partial charge in [-0.25, -0.2) is 0 Å². The van der Waals surface area contributed by atoms with Crippen LogP contribution in [0.15, 0.2) is 4.52 Å². The molecule has 0 aromatic carbocycles. The molecule has 4 bridgehead atoms. The Morgan fingerprint density at radius 3 is 2.33 bits per heavy atom. The van der Waals surface area contributed by atoms with Gasteiger partial charge in [0.2, 0.25) is 5.89 Å². The van der Waals surface area contributed by atoms with Gasteiger partial charge < -0.3 is 9.84 Å². The molecular weight excluding hydrogens is 262 g/mol. The van der Waals surface area contributed by atoms with Crippen LogP contribution in [-0.4, -0.2) is 22.7 Å². The first-order chi connectivity index (χ1) is 10.2. The average molecular weight is 287 g/mol. The second kappa shape index (κ2) is 4.31. The first-order valence-corrected chi connectivity index (χ1v) is 8.79. The maximum absolute atomic E-state index is 5.71. The molecule has 2 unspecified atom stereocenters.